The summed E-state index contributed by atoms with van der Waals surface area (Å²) < 4.78 is 0. The van der Waals surface area contributed by atoms with Crippen molar-refractivity contribution in [2.24, 2.45) is 17.6 Å². The highest BCUT2D eigenvalue weighted by atomic mass is 14.7. The van der Waals surface area contributed by atoms with Crippen molar-refractivity contribution in [2.75, 3.05) is 5.73 Å². The van der Waals surface area contributed by atoms with Crippen LogP contribution in [0.3, 0.4) is 0 Å². The number of nitrogens with two attached hydrogens (primary N) is 2. The van der Waals surface area contributed by atoms with Crippen LogP contribution in [0.4, 0.5) is 5.69 Å². The van der Waals surface area contributed by atoms with E-state index in [-0.39, 0.29) is 6.04 Å². The van der Waals surface area contributed by atoms with Gasteiger partial charge in [-0.15, -0.1) is 0 Å². The van der Waals surface area contributed by atoms with Gasteiger partial charge in [-0.3, -0.25) is 4.98 Å². The van der Waals surface area contributed by atoms with E-state index in [2.05, 4.69) is 11.9 Å². The van der Waals surface area contributed by atoms with Gasteiger partial charge in [0.2, 0.25) is 0 Å². The fourth-order valence-corrected chi connectivity index (χ4v) is 2.53. The summed E-state index contributed by atoms with van der Waals surface area (Å²) >= 11 is 0. The maximum atomic E-state index is 6.24. The van der Waals surface area contributed by atoms with Gasteiger partial charge in [-0.1, -0.05) is 13.3 Å². The molecule has 0 spiro atoms. The second-order valence-electron chi connectivity index (χ2n) is 4.71. The normalized spacial score (nSPS) is 27.9. The van der Waals surface area contributed by atoms with Gasteiger partial charge in [0.25, 0.3) is 0 Å². The number of nitrogens with zero attached hydrogens (tertiary/aromatic N) is 1. The molecule has 0 amide bonds. The molecule has 0 aliphatic heterocycles. The molecular weight excluding hydrogens is 186 g/mol. The number of pyridine rings is 1. The molecule has 4 N–H and O–H groups in total. The minimum absolute atomic E-state index is 0.0589. The zero-order chi connectivity index (χ0) is 10.8. The van der Waals surface area contributed by atoms with Crippen molar-refractivity contribution in [1.82, 2.24) is 4.98 Å². The third kappa shape index (κ3) is 2.12. The predicted octanol–water partition coefficient (Wildman–Crippen LogP) is 2.10. The number of hydrogen-bond donors (Lipinski definition) is 2. The van der Waals surface area contributed by atoms with E-state index in [1.165, 1.54) is 19.3 Å². The van der Waals surface area contributed by atoms with Crippen LogP contribution in [0, 0.1) is 11.8 Å². The lowest BCUT2D eigenvalue weighted by atomic mass is 9.92. The molecule has 3 nitrogen and oxygen atoms in total. The smallest absolute Gasteiger partial charge is 0.0393 e. The number of nitrogen functional groups attached to an aromatic ring is 1. The summed E-state index contributed by atoms with van der Waals surface area (Å²) in [6, 6.07) is 1.89. The summed E-state index contributed by atoms with van der Waals surface area (Å²) in [6.07, 6.45) is 7.25. The monoisotopic (exact) mass is 205 g/mol. The van der Waals surface area contributed by atoms with Crippen molar-refractivity contribution in [3.05, 3.63) is 24.0 Å². The van der Waals surface area contributed by atoms with Gasteiger partial charge in [0.1, 0.15) is 0 Å². The standard InChI is InChI=1S/C12H19N3/c1-8-2-3-9(6-8)12(14)10-7-15-5-4-11(10)13/h4-5,7-9,12H,2-3,6,14H2,1H3,(H2,13,15). The Balaban J connectivity index is 2.14. The molecule has 1 aromatic rings. The first kappa shape index (κ1) is 10.4. The molecule has 1 heterocycles. The largest absolute Gasteiger partial charge is 0.398 e. The second-order valence-corrected chi connectivity index (χ2v) is 4.71. The molecule has 1 aromatic heterocycles. The summed E-state index contributed by atoms with van der Waals surface area (Å²) in [5.41, 5.74) is 13.9. The highest BCUT2D eigenvalue weighted by molar-refractivity contribution is 5.46. The highest BCUT2D eigenvalue weighted by Gasteiger charge is 2.28. The van der Waals surface area contributed by atoms with Crippen LogP contribution in [0.2, 0.25) is 0 Å². The Bertz CT molecular complexity index is 337. The van der Waals surface area contributed by atoms with E-state index in [4.69, 9.17) is 11.5 Å². The van der Waals surface area contributed by atoms with Crippen LogP contribution in [0.25, 0.3) is 0 Å². The van der Waals surface area contributed by atoms with Gasteiger partial charge in [0, 0.05) is 29.7 Å². The summed E-state index contributed by atoms with van der Waals surface area (Å²) in [4.78, 5) is 4.10. The maximum absolute atomic E-state index is 6.24. The van der Waals surface area contributed by atoms with Gasteiger partial charge in [0.15, 0.2) is 0 Å². The Hall–Kier alpha value is -1.09. The zero-order valence-electron chi connectivity index (χ0n) is 9.19. The molecule has 1 saturated carbocycles. The van der Waals surface area contributed by atoms with Gasteiger partial charge in [-0.2, -0.15) is 0 Å². The summed E-state index contributed by atoms with van der Waals surface area (Å²) in [6.45, 7) is 2.29. The van der Waals surface area contributed by atoms with Gasteiger partial charge < -0.3 is 11.5 Å². The van der Waals surface area contributed by atoms with Crippen LogP contribution in [-0.2, 0) is 0 Å². The first-order valence-electron chi connectivity index (χ1n) is 5.63. The minimum atomic E-state index is 0.0589. The maximum Gasteiger partial charge on any atom is 0.0393 e. The first-order chi connectivity index (χ1) is 7.18. The predicted molar refractivity (Wildman–Crippen MR) is 62.1 cm³/mol. The van der Waals surface area contributed by atoms with Crippen LogP contribution in [-0.4, -0.2) is 4.98 Å². The Morgan fingerprint density at radius 1 is 1.47 bits per heavy atom. The van der Waals surface area contributed by atoms with Crippen molar-refractivity contribution in [1.29, 1.82) is 0 Å². The molecular formula is C12H19N3. The van der Waals surface area contributed by atoms with Gasteiger partial charge in [-0.05, 0) is 30.7 Å². The first-order valence-corrected chi connectivity index (χ1v) is 5.63. The molecule has 1 aliphatic carbocycles. The van der Waals surface area contributed by atoms with E-state index in [9.17, 15) is 0 Å². The minimum Gasteiger partial charge on any atom is -0.398 e. The van der Waals surface area contributed by atoms with Crippen molar-refractivity contribution >= 4 is 5.69 Å². The number of hydrogen-bond acceptors (Lipinski definition) is 3. The van der Waals surface area contributed by atoms with Crippen LogP contribution < -0.4 is 11.5 Å². The van der Waals surface area contributed by atoms with E-state index in [1.807, 2.05) is 12.3 Å². The third-order valence-corrected chi connectivity index (χ3v) is 3.49. The van der Waals surface area contributed by atoms with Crippen LogP contribution in [0.5, 0.6) is 0 Å². The van der Waals surface area contributed by atoms with E-state index in [0.717, 1.165) is 17.2 Å². The lowest BCUT2D eigenvalue weighted by molar-refractivity contribution is 0.429. The van der Waals surface area contributed by atoms with E-state index in [0.29, 0.717) is 5.92 Å². The zero-order valence-corrected chi connectivity index (χ0v) is 9.19. The fraction of sp³-hybridized carbons (Fsp3) is 0.583. The topological polar surface area (TPSA) is 64.9 Å². The lowest BCUT2D eigenvalue weighted by Gasteiger charge is -2.20. The second kappa shape index (κ2) is 4.19. The van der Waals surface area contributed by atoms with Crippen molar-refractivity contribution in [2.45, 2.75) is 32.2 Å². The molecule has 3 heteroatoms. The molecule has 3 atom stereocenters. The van der Waals surface area contributed by atoms with Gasteiger partial charge in [0.05, 0.1) is 0 Å². The lowest BCUT2D eigenvalue weighted by Crippen LogP contribution is -2.20. The Labute approximate surface area is 90.9 Å². The number of anilines is 1. The molecule has 3 unspecified atom stereocenters. The Morgan fingerprint density at radius 3 is 2.87 bits per heavy atom. The molecule has 2 rings (SSSR count). The van der Waals surface area contributed by atoms with Crippen LogP contribution in [0.1, 0.15) is 37.8 Å². The van der Waals surface area contributed by atoms with Gasteiger partial charge in [-0.25, -0.2) is 0 Å². The van der Waals surface area contributed by atoms with Crippen molar-refractivity contribution < 1.29 is 0 Å². The molecule has 1 fully saturated rings. The quantitative estimate of drug-likeness (QED) is 0.777. The fourth-order valence-electron chi connectivity index (χ4n) is 2.53. The van der Waals surface area contributed by atoms with Crippen LogP contribution in [0.15, 0.2) is 18.5 Å². The number of rotatable bonds is 2. The average Bonchev–Trinajstić information content (AvgIpc) is 2.65. The number of aromatic nitrogens is 1. The van der Waals surface area contributed by atoms with Gasteiger partial charge >= 0.3 is 0 Å². The average molecular weight is 205 g/mol. The van der Waals surface area contributed by atoms with Crippen LogP contribution >= 0.6 is 0 Å². The van der Waals surface area contributed by atoms with Crippen molar-refractivity contribution in [3.63, 3.8) is 0 Å². The summed E-state index contributed by atoms with van der Waals surface area (Å²) in [5.74, 6) is 1.38. The SMILES string of the molecule is CC1CCC(C(N)c2cnccc2N)C1. The molecule has 0 radical (unpaired) electrons. The Morgan fingerprint density at radius 2 is 2.27 bits per heavy atom. The highest BCUT2D eigenvalue weighted by Crippen LogP contribution is 2.38. The van der Waals surface area contributed by atoms with E-state index < -0.39 is 0 Å². The molecule has 15 heavy (non-hydrogen) atoms. The van der Waals surface area contributed by atoms with E-state index >= 15 is 0 Å². The molecule has 82 valence electrons. The summed E-state index contributed by atoms with van der Waals surface area (Å²) in [7, 11) is 0. The molecule has 0 saturated heterocycles. The third-order valence-electron chi connectivity index (χ3n) is 3.49. The molecule has 0 aromatic carbocycles. The van der Waals surface area contributed by atoms with Crippen molar-refractivity contribution in [3.8, 4) is 0 Å². The summed E-state index contributed by atoms with van der Waals surface area (Å²) in [5, 5.41) is 0. The van der Waals surface area contributed by atoms with E-state index in [1.54, 1.807) is 6.20 Å². The Kier molecular flexibility index (Phi) is 2.91. The molecule has 1 aliphatic rings. The molecule has 0 bridgehead atoms.